The summed E-state index contributed by atoms with van der Waals surface area (Å²) in [6, 6.07) is 14.7. The van der Waals surface area contributed by atoms with Gasteiger partial charge in [-0.15, -0.1) is 10.2 Å². The topological polar surface area (TPSA) is 35.0 Å². The minimum Gasteiger partial charge on any atom is -0.497 e. The van der Waals surface area contributed by atoms with E-state index in [0.717, 1.165) is 23.1 Å². The van der Waals surface area contributed by atoms with Gasteiger partial charge in [0.2, 0.25) is 0 Å². The maximum Gasteiger partial charge on any atom is 0.126 e. The molecule has 1 heterocycles. The van der Waals surface area contributed by atoms with Gasteiger partial charge in [-0.1, -0.05) is 23.9 Å². The molecule has 0 fully saturated rings. The predicted molar refractivity (Wildman–Crippen MR) is 89.9 cm³/mol. The fourth-order valence-corrected chi connectivity index (χ4v) is 2.93. The monoisotopic (exact) mass is 344 g/mol. The summed E-state index contributed by atoms with van der Waals surface area (Å²) >= 11 is 1.37. The number of rotatable bonds is 5. The van der Waals surface area contributed by atoms with Gasteiger partial charge >= 0.3 is 0 Å². The third-order valence-electron chi connectivity index (χ3n) is 3.31. The molecule has 3 aromatic rings. The largest absolute Gasteiger partial charge is 0.497 e. The van der Waals surface area contributed by atoms with Gasteiger partial charge in [-0.25, -0.2) is 8.78 Å². The van der Waals surface area contributed by atoms with E-state index >= 15 is 0 Å². The molecule has 0 aliphatic heterocycles. The van der Waals surface area contributed by atoms with Crippen molar-refractivity contribution in [2.45, 2.75) is 10.8 Å². The molecule has 0 spiro atoms. The van der Waals surface area contributed by atoms with Crippen LogP contribution in [0.15, 0.2) is 59.6 Å². The zero-order valence-corrected chi connectivity index (χ0v) is 13.7. The molecule has 0 aliphatic carbocycles. The molecule has 0 bridgehead atoms. The lowest BCUT2D eigenvalue weighted by Crippen LogP contribution is -1.91. The van der Waals surface area contributed by atoms with E-state index in [1.807, 2.05) is 36.4 Å². The summed E-state index contributed by atoms with van der Waals surface area (Å²) in [7, 11) is 1.61. The van der Waals surface area contributed by atoms with Gasteiger partial charge in [0.25, 0.3) is 0 Å². The first-order chi connectivity index (χ1) is 11.6. The summed E-state index contributed by atoms with van der Waals surface area (Å²) in [5.74, 6) is 0.0120. The number of nitrogens with zero attached hydrogens (tertiary/aromatic N) is 2. The second-order valence-electron chi connectivity index (χ2n) is 5.06. The van der Waals surface area contributed by atoms with Crippen LogP contribution < -0.4 is 4.74 Å². The molecule has 0 saturated carbocycles. The Morgan fingerprint density at radius 2 is 1.75 bits per heavy atom. The quantitative estimate of drug-likeness (QED) is 0.627. The maximum absolute atomic E-state index is 13.2. The van der Waals surface area contributed by atoms with Crippen molar-refractivity contribution in [3.63, 3.8) is 0 Å². The molecule has 0 radical (unpaired) electrons. The van der Waals surface area contributed by atoms with Crippen molar-refractivity contribution in [3.8, 4) is 17.0 Å². The number of thioether (sulfide) groups is 1. The Morgan fingerprint density at radius 1 is 0.958 bits per heavy atom. The lowest BCUT2D eigenvalue weighted by Gasteiger charge is -2.05. The second kappa shape index (κ2) is 7.40. The Hall–Kier alpha value is -2.47. The first-order valence-electron chi connectivity index (χ1n) is 7.20. The third kappa shape index (κ3) is 4.08. The van der Waals surface area contributed by atoms with Crippen molar-refractivity contribution < 1.29 is 13.5 Å². The molecule has 3 rings (SSSR count). The van der Waals surface area contributed by atoms with Crippen LogP contribution in [0.4, 0.5) is 8.78 Å². The molecular weight excluding hydrogens is 330 g/mol. The summed E-state index contributed by atoms with van der Waals surface area (Å²) in [6.07, 6.45) is 0. The summed E-state index contributed by atoms with van der Waals surface area (Å²) in [5.41, 5.74) is 2.21. The minimum absolute atomic E-state index is 0.419. The molecule has 1 aromatic heterocycles. The molecule has 0 saturated heterocycles. The van der Waals surface area contributed by atoms with Gasteiger partial charge in [-0.3, -0.25) is 0 Å². The highest BCUT2D eigenvalue weighted by atomic mass is 32.2. The fourth-order valence-electron chi connectivity index (χ4n) is 2.18. The summed E-state index contributed by atoms with van der Waals surface area (Å²) in [4.78, 5) is 0. The van der Waals surface area contributed by atoms with Gasteiger partial charge in [-0.2, -0.15) is 0 Å². The van der Waals surface area contributed by atoms with E-state index in [1.54, 1.807) is 7.11 Å². The van der Waals surface area contributed by atoms with E-state index in [2.05, 4.69) is 10.2 Å². The van der Waals surface area contributed by atoms with Crippen LogP contribution in [0.1, 0.15) is 5.56 Å². The average Bonchev–Trinajstić information content (AvgIpc) is 2.60. The predicted octanol–water partition coefficient (Wildman–Crippen LogP) is 4.72. The number of halogens is 2. The SMILES string of the molecule is COc1cccc(-c2ccc(SCc3cc(F)cc(F)c3)nn2)c1. The molecule has 24 heavy (non-hydrogen) atoms. The number of ether oxygens (including phenoxy) is 1. The van der Waals surface area contributed by atoms with Crippen molar-refractivity contribution in [1.82, 2.24) is 10.2 Å². The molecule has 2 aromatic carbocycles. The van der Waals surface area contributed by atoms with Crippen LogP contribution >= 0.6 is 11.8 Å². The number of benzene rings is 2. The fraction of sp³-hybridized carbons (Fsp3) is 0.111. The first-order valence-corrected chi connectivity index (χ1v) is 8.18. The van der Waals surface area contributed by atoms with Crippen LogP contribution in [0.25, 0.3) is 11.3 Å². The first kappa shape index (κ1) is 16.4. The van der Waals surface area contributed by atoms with Crippen molar-refractivity contribution >= 4 is 11.8 Å². The van der Waals surface area contributed by atoms with Crippen LogP contribution in [0, 0.1) is 11.6 Å². The number of aromatic nitrogens is 2. The van der Waals surface area contributed by atoms with Gasteiger partial charge in [0.1, 0.15) is 22.4 Å². The Labute approximate surface area is 142 Å². The van der Waals surface area contributed by atoms with E-state index in [9.17, 15) is 8.78 Å². The van der Waals surface area contributed by atoms with Crippen molar-refractivity contribution in [3.05, 3.63) is 71.8 Å². The molecule has 0 N–H and O–H groups in total. The molecule has 122 valence electrons. The van der Waals surface area contributed by atoms with Crippen LogP contribution in [-0.2, 0) is 5.75 Å². The highest BCUT2D eigenvalue weighted by Crippen LogP contribution is 2.25. The number of hydrogen-bond donors (Lipinski definition) is 0. The Bertz CT molecular complexity index is 820. The lowest BCUT2D eigenvalue weighted by molar-refractivity contribution is 0.415. The zero-order chi connectivity index (χ0) is 16.9. The second-order valence-corrected chi connectivity index (χ2v) is 6.05. The minimum atomic E-state index is -0.579. The summed E-state index contributed by atoms with van der Waals surface area (Å²) in [5, 5.41) is 9.04. The molecule has 0 atom stereocenters. The van der Waals surface area contributed by atoms with Gasteiger partial charge in [0.15, 0.2) is 0 Å². The average molecular weight is 344 g/mol. The van der Waals surface area contributed by atoms with Crippen molar-refractivity contribution in [2.24, 2.45) is 0 Å². The van der Waals surface area contributed by atoms with Crippen LogP contribution in [0.2, 0.25) is 0 Å². The van der Waals surface area contributed by atoms with Crippen LogP contribution in [0.3, 0.4) is 0 Å². The van der Waals surface area contributed by atoms with Gasteiger partial charge in [-0.05, 0) is 42.0 Å². The van der Waals surface area contributed by atoms with Crippen LogP contribution in [0.5, 0.6) is 5.75 Å². The molecular formula is C18H14F2N2OS. The Morgan fingerprint density at radius 3 is 2.42 bits per heavy atom. The summed E-state index contributed by atoms with van der Waals surface area (Å²) in [6.45, 7) is 0. The normalized spacial score (nSPS) is 10.6. The van der Waals surface area contributed by atoms with E-state index in [1.165, 1.54) is 23.9 Å². The molecule has 0 amide bonds. The number of methoxy groups -OCH3 is 1. The highest BCUT2D eigenvalue weighted by Gasteiger charge is 2.05. The number of hydrogen-bond acceptors (Lipinski definition) is 4. The van der Waals surface area contributed by atoms with E-state index in [4.69, 9.17) is 4.74 Å². The third-order valence-corrected chi connectivity index (χ3v) is 4.31. The van der Waals surface area contributed by atoms with E-state index in [-0.39, 0.29) is 0 Å². The molecule has 3 nitrogen and oxygen atoms in total. The molecule has 0 unspecified atom stereocenters. The lowest BCUT2D eigenvalue weighted by atomic mass is 10.1. The Balaban J connectivity index is 1.70. The highest BCUT2D eigenvalue weighted by molar-refractivity contribution is 7.98. The molecule has 0 aliphatic rings. The zero-order valence-electron chi connectivity index (χ0n) is 12.9. The van der Waals surface area contributed by atoms with E-state index < -0.39 is 11.6 Å². The smallest absolute Gasteiger partial charge is 0.126 e. The van der Waals surface area contributed by atoms with Gasteiger partial charge in [0, 0.05) is 17.4 Å². The van der Waals surface area contributed by atoms with Gasteiger partial charge in [0.05, 0.1) is 12.8 Å². The van der Waals surface area contributed by atoms with Gasteiger partial charge < -0.3 is 4.74 Å². The summed E-state index contributed by atoms with van der Waals surface area (Å²) < 4.78 is 31.5. The maximum atomic E-state index is 13.2. The van der Waals surface area contributed by atoms with Crippen molar-refractivity contribution in [1.29, 1.82) is 0 Å². The van der Waals surface area contributed by atoms with Crippen molar-refractivity contribution in [2.75, 3.05) is 7.11 Å². The molecule has 6 heteroatoms. The Kier molecular flexibility index (Phi) is 5.05. The van der Waals surface area contributed by atoms with E-state index in [0.29, 0.717) is 16.3 Å². The standard InChI is InChI=1S/C18H14F2N2OS/c1-23-16-4-2-3-13(9-16)17-5-6-18(22-21-17)24-11-12-7-14(19)10-15(20)8-12/h2-10H,11H2,1H3. The van der Waals surface area contributed by atoms with Crippen LogP contribution in [-0.4, -0.2) is 17.3 Å².